The second kappa shape index (κ2) is 6.71. The lowest BCUT2D eigenvalue weighted by molar-refractivity contribution is -0.137. The molecule has 0 saturated carbocycles. The Morgan fingerprint density at radius 3 is 2.67 bits per heavy atom. The van der Waals surface area contributed by atoms with E-state index in [0.29, 0.717) is 41.8 Å². The lowest BCUT2D eigenvalue weighted by Crippen LogP contribution is -2.51. The van der Waals surface area contributed by atoms with Crippen molar-refractivity contribution in [3.63, 3.8) is 0 Å². The van der Waals surface area contributed by atoms with Crippen LogP contribution in [0.5, 0.6) is 0 Å². The molecule has 0 spiro atoms. The summed E-state index contributed by atoms with van der Waals surface area (Å²) >= 11 is 0. The van der Waals surface area contributed by atoms with Gasteiger partial charge in [0.25, 0.3) is 0 Å². The van der Waals surface area contributed by atoms with Gasteiger partial charge in [-0.15, -0.1) is 0 Å². The van der Waals surface area contributed by atoms with E-state index < -0.39 is 11.8 Å². The van der Waals surface area contributed by atoms with Crippen LogP contribution >= 0.6 is 0 Å². The van der Waals surface area contributed by atoms with Gasteiger partial charge in [-0.05, 0) is 30.7 Å². The molecule has 2 heterocycles. The van der Waals surface area contributed by atoms with E-state index in [4.69, 9.17) is 5.11 Å². The first-order chi connectivity index (χ1) is 13.1. The van der Waals surface area contributed by atoms with Crippen LogP contribution in [0.4, 0.5) is 14.9 Å². The summed E-state index contributed by atoms with van der Waals surface area (Å²) in [5.74, 6) is -1.44. The summed E-state index contributed by atoms with van der Waals surface area (Å²) in [7, 11) is 0. The molecule has 0 unspecified atom stereocenters. The Bertz CT molecular complexity index is 1030. The van der Waals surface area contributed by atoms with E-state index in [1.807, 2.05) is 6.07 Å². The first kappa shape index (κ1) is 17.0. The van der Waals surface area contributed by atoms with Crippen molar-refractivity contribution in [3.05, 3.63) is 54.5 Å². The van der Waals surface area contributed by atoms with Crippen LogP contribution in [-0.2, 0) is 4.79 Å². The van der Waals surface area contributed by atoms with Crippen molar-refractivity contribution < 1.29 is 19.1 Å². The molecule has 27 heavy (non-hydrogen) atoms. The van der Waals surface area contributed by atoms with Crippen molar-refractivity contribution >= 4 is 28.6 Å². The number of carboxylic acid groups (broad SMARTS) is 1. The van der Waals surface area contributed by atoms with Crippen molar-refractivity contribution in [1.82, 2.24) is 14.7 Å². The van der Waals surface area contributed by atoms with Gasteiger partial charge in [0.15, 0.2) is 0 Å². The second-order valence-electron chi connectivity index (χ2n) is 6.32. The van der Waals surface area contributed by atoms with E-state index in [1.54, 1.807) is 41.4 Å². The summed E-state index contributed by atoms with van der Waals surface area (Å²) in [6.45, 7) is 0.560. The summed E-state index contributed by atoms with van der Waals surface area (Å²) in [6, 6.07) is 11.4. The number of para-hydroxylation sites is 1. The van der Waals surface area contributed by atoms with Crippen molar-refractivity contribution in [3.8, 4) is 5.69 Å². The zero-order valence-electron chi connectivity index (χ0n) is 14.4. The van der Waals surface area contributed by atoms with Crippen LogP contribution in [0, 0.1) is 5.82 Å². The number of hydrogen-bond donors (Lipinski definition) is 1. The minimum atomic E-state index is -1.05. The molecule has 1 saturated heterocycles. The predicted octanol–water partition coefficient (Wildman–Crippen LogP) is 2.88. The fraction of sp³-hybridized carbons (Fsp3) is 0.211. The Morgan fingerprint density at radius 1 is 1.11 bits per heavy atom. The molecule has 1 aromatic heterocycles. The number of anilines is 1. The number of aliphatic carboxylic acids is 1. The van der Waals surface area contributed by atoms with Gasteiger partial charge in [-0.2, -0.15) is 5.10 Å². The molecule has 2 amide bonds. The van der Waals surface area contributed by atoms with Gasteiger partial charge in [-0.3, -0.25) is 9.69 Å². The smallest absolute Gasteiger partial charge is 0.325 e. The number of halogens is 1. The molecule has 1 N–H and O–H groups in total. The number of carbonyl (C=O) groups excluding carboxylic acids is 1. The molecule has 3 aromatic rings. The molecule has 138 valence electrons. The van der Waals surface area contributed by atoms with Crippen LogP contribution in [0.2, 0.25) is 0 Å². The Hall–Kier alpha value is -3.42. The number of urea groups is 1. The molecule has 1 fully saturated rings. The topological polar surface area (TPSA) is 78.7 Å². The first-order valence-corrected chi connectivity index (χ1v) is 8.56. The van der Waals surface area contributed by atoms with Gasteiger partial charge >= 0.3 is 12.0 Å². The number of carbonyl (C=O) groups is 2. The maximum atomic E-state index is 14.2. The normalized spacial score (nSPS) is 14.8. The van der Waals surface area contributed by atoms with Crippen LogP contribution < -0.4 is 4.90 Å². The average molecular weight is 368 g/mol. The molecular weight excluding hydrogens is 351 g/mol. The molecule has 7 nitrogen and oxygen atoms in total. The SMILES string of the molecule is O=C(O)CN1CCCN(c2cccc3c2cnn3-c2ccccc2F)C1=O. The molecule has 0 aliphatic carbocycles. The van der Waals surface area contributed by atoms with Crippen LogP contribution in [0.3, 0.4) is 0 Å². The molecule has 2 aromatic carbocycles. The zero-order valence-corrected chi connectivity index (χ0v) is 14.4. The van der Waals surface area contributed by atoms with Gasteiger partial charge in [0, 0.05) is 18.5 Å². The van der Waals surface area contributed by atoms with Gasteiger partial charge in [0.05, 0.1) is 17.4 Å². The summed E-state index contributed by atoms with van der Waals surface area (Å²) in [4.78, 5) is 26.6. The third kappa shape index (κ3) is 2.99. The van der Waals surface area contributed by atoms with E-state index in [1.165, 1.54) is 15.6 Å². The summed E-state index contributed by atoms with van der Waals surface area (Å²) < 4.78 is 15.7. The van der Waals surface area contributed by atoms with Crippen LogP contribution in [0.25, 0.3) is 16.6 Å². The molecule has 8 heteroatoms. The third-order valence-corrected chi connectivity index (χ3v) is 4.60. The van der Waals surface area contributed by atoms with Crippen molar-refractivity contribution in [2.24, 2.45) is 0 Å². The average Bonchev–Trinajstić information content (AvgIpc) is 3.08. The number of carboxylic acids is 1. The number of rotatable bonds is 4. The highest BCUT2D eigenvalue weighted by Gasteiger charge is 2.29. The minimum Gasteiger partial charge on any atom is -0.480 e. The fourth-order valence-corrected chi connectivity index (χ4v) is 3.40. The monoisotopic (exact) mass is 368 g/mol. The van der Waals surface area contributed by atoms with Gasteiger partial charge < -0.3 is 10.0 Å². The highest BCUT2D eigenvalue weighted by Crippen LogP contribution is 2.30. The number of amides is 2. The maximum absolute atomic E-state index is 14.2. The van der Waals surface area contributed by atoms with Gasteiger partial charge in [-0.25, -0.2) is 13.9 Å². The highest BCUT2D eigenvalue weighted by molar-refractivity contribution is 6.03. The first-order valence-electron chi connectivity index (χ1n) is 8.56. The van der Waals surface area contributed by atoms with Gasteiger partial charge in [-0.1, -0.05) is 18.2 Å². The van der Waals surface area contributed by atoms with E-state index in [0.717, 1.165) is 0 Å². The molecule has 1 aliphatic heterocycles. The van der Waals surface area contributed by atoms with Crippen LogP contribution in [0.1, 0.15) is 6.42 Å². The van der Waals surface area contributed by atoms with E-state index in [2.05, 4.69) is 5.10 Å². The number of hydrogen-bond acceptors (Lipinski definition) is 3. The molecule has 0 radical (unpaired) electrons. The fourth-order valence-electron chi connectivity index (χ4n) is 3.40. The quantitative estimate of drug-likeness (QED) is 0.768. The Kier molecular flexibility index (Phi) is 4.23. The van der Waals surface area contributed by atoms with E-state index >= 15 is 0 Å². The van der Waals surface area contributed by atoms with Crippen LogP contribution in [-0.4, -0.2) is 51.4 Å². The molecule has 1 aliphatic rings. The Labute approximate surface area is 154 Å². The van der Waals surface area contributed by atoms with E-state index in [9.17, 15) is 14.0 Å². The van der Waals surface area contributed by atoms with Crippen molar-refractivity contribution in [1.29, 1.82) is 0 Å². The van der Waals surface area contributed by atoms with Crippen LogP contribution in [0.15, 0.2) is 48.7 Å². The predicted molar refractivity (Wildman–Crippen MR) is 97.6 cm³/mol. The number of nitrogens with zero attached hydrogens (tertiary/aromatic N) is 4. The maximum Gasteiger partial charge on any atom is 0.325 e. The standard InChI is InChI=1S/C19H17FN4O3/c20-14-5-1-2-6-17(14)24-16-8-3-7-15(13(16)11-21-24)23-10-4-9-22(19(23)27)12-18(25)26/h1-3,5-8,11H,4,9-10,12H2,(H,25,26). The Balaban J connectivity index is 1.76. The van der Waals surface area contributed by atoms with Gasteiger partial charge in [0.2, 0.25) is 0 Å². The summed E-state index contributed by atoms with van der Waals surface area (Å²) in [5, 5.41) is 14.0. The summed E-state index contributed by atoms with van der Waals surface area (Å²) in [5.41, 5.74) is 1.62. The van der Waals surface area contributed by atoms with Crippen molar-refractivity contribution in [2.45, 2.75) is 6.42 Å². The number of aromatic nitrogens is 2. The number of benzene rings is 2. The second-order valence-corrected chi connectivity index (χ2v) is 6.32. The van der Waals surface area contributed by atoms with Gasteiger partial charge in [0.1, 0.15) is 18.0 Å². The third-order valence-electron chi connectivity index (χ3n) is 4.60. The molecule has 0 bridgehead atoms. The highest BCUT2D eigenvalue weighted by atomic mass is 19.1. The molecule has 4 rings (SSSR count). The Morgan fingerprint density at radius 2 is 1.89 bits per heavy atom. The number of fused-ring (bicyclic) bond motifs is 1. The minimum absolute atomic E-state index is 0.321. The molecular formula is C19H17FN4O3. The van der Waals surface area contributed by atoms with E-state index in [-0.39, 0.29) is 12.6 Å². The largest absolute Gasteiger partial charge is 0.480 e. The summed E-state index contributed by atoms with van der Waals surface area (Å²) in [6.07, 6.45) is 2.26. The van der Waals surface area contributed by atoms with Crippen molar-refractivity contribution in [2.75, 3.05) is 24.5 Å². The molecule has 0 atom stereocenters. The zero-order chi connectivity index (χ0) is 19.0. The lowest BCUT2D eigenvalue weighted by Gasteiger charge is -2.35. The lowest BCUT2D eigenvalue weighted by atomic mass is 10.1.